The first-order valence-corrected chi connectivity index (χ1v) is 8.81. The normalized spacial score (nSPS) is 22.0. The molecule has 3 heterocycles. The molecule has 4 heteroatoms. The molecule has 0 aliphatic carbocycles. The number of nitrogens with one attached hydrogen (secondary N) is 1. The lowest BCUT2D eigenvalue weighted by Crippen LogP contribution is -2.55. The number of hydrogen-bond donors (Lipinski definition) is 1. The summed E-state index contributed by atoms with van der Waals surface area (Å²) in [6.45, 7) is 7.22. The zero-order chi connectivity index (χ0) is 15.8. The topological polar surface area (TPSA) is 39.3 Å². The number of carbonyl (C=O) groups is 1. The summed E-state index contributed by atoms with van der Waals surface area (Å²) in [6.07, 6.45) is 2.50. The minimum Gasteiger partial charge on any atom is -0.357 e. The van der Waals surface area contributed by atoms with Crippen molar-refractivity contribution in [3.63, 3.8) is 0 Å². The van der Waals surface area contributed by atoms with E-state index in [2.05, 4.69) is 39.0 Å². The summed E-state index contributed by atoms with van der Waals surface area (Å²) in [4.78, 5) is 20.3. The number of aromatic amines is 1. The van der Waals surface area contributed by atoms with Crippen LogP contribution in [0.4, 0.5) is 0 Å². The lowest BCUT2D eigenvalue weighted by Gasteiger charge is -2.44. The summed E-state index contributed by atoms with van der Waals surface area (Å²) < 4.78 is 0. The molecule has 1 aromatic heterocycles. The molecule has 0 saturated carbocycles. The predicted molar refractivity (Wildman–Crippen MR) is 92.6 cm³/mol. The Morgan fingerprint density at radius 2 is 2.17 bits per heavy atom. The van der Waals surface area contributed by atoms with Crippen LogP contribution in [0.3, 0.4) is 0 Å². The fraction of sp³-hybridized carbons (Fsp3) is 0.526. The predicted octanol–water partition coefficient (Wildman–Crippen LogP) is 2.58. The number of H-pyrrole nitrogens is 1. The van der Waals surface area contributed by atoms with Gasteiger partial charge in [0.15, 0.2) is 0 Å². The van der Waals surface area contributed by atoms with Crippen LogP contribution in [0.1, 0.15) is 31.0 Å². The number of piperazine rings is 1. The van der Waals surface area contributed by atoms with Crippen molar-refractivity contribution < 1.29 is 4.79 Å². The molecular formula is C19H25N3O. The third kappa shape index (κ3) is 2.81. The van der Waals surface area contributed by atoms with Gasteiger partial charge in [0.25, 0.3) is 0 Å². The second-order valence-corrected chi connectivity index (χ2v) is 6.90. The van der Waals surface area contributed by atoms with Gasteiger partial charge in [-0.25, -0.2) is 0 Å². The van der Waals surface area contributed by atoms with Gasteiger partial charge >= 0.3 is 0 Å². The molecule has 2 aliphatic rings. The van der Waals surface area contributed by atoms with Crippen LogP contribution in [0.2, 0.25) is 0 Å². The van der Waals surface area contributed by atoms with Gasteiger partial charge in [-0.15, -0.1) is 0 Å². The number of nitrogens with zero attached hydrogens (tertiary/aromatic N) is 2. The van der Waals surface area contributed by atoms with Gasteiger partial charge in [-0.2, -0.15) is 0 Å². The molecule has 1 fully saturated rings. The Morgan fingerprint density at radius 3 is 3.04 bits per heavy atom. The molecule has 1 unspecified atom stereocenters. The minimum absolute atomic E-state index is 0.384. The standard InChI is InChI=1S/C19H25N3O/c1-2-15(23)7-8-21-9-10-22-13-19-17(11-14(22)12-21)16-5-3-4-6-18(16)20-19/h3-6,14,20H,2,7-13H2,1H3. The van der Waals surface area contributed by atoms with E-state index in [4.69, 9.17) is 0 Å². The first-order chi connectivity index (χ1) is 11.2. The number of fused-ring (bicyclic) bond motifs is 4. The Bertz CT molecular complexity index is 720. The monoisotopic (exact) mass is 311 g/mol. The van der Waals surface area contributed by atoms with Crippen molar-refractivity contribution in [2.75, 3.05) is 26.2 Å². The van der Waals surface area contributed by atoms with Crippen LogP contribution in [-0.2, 0) is 17.8 Å². The molecule has 4 rings (SSSR count). The average Bonchev–Trinajstić information content (AvgIpc) is 2.95. The lowest BCUT2D eigenvalue weighted by molar-refractivity contribution is -0.119. The molecule has 0 spiro atoms. The maximum absolute atomic E-state index is 11.6. The van der Waals surface area contributed by atoms with E-state index in [-0.39, 0.29) is 0 Å². The molecular weight excluding hydrogens is 286 g/mol. The molecule has 1 aromatic carbocycles. The highest BCUT2D eigenvalue weighted by Crippen LogP contribution is 2.31. The third-order valence-corrected chi connectivity index (χ3v) is 5.49. The van der Waals surface area contributed by atoms with Gasteiger partial charge in [-0.05, 0) is 18.1 Å². The van der Waals surface area contributed by atoms with Crippen molar-refractivity contribution in [2.45, 2.75) is 38.8 Å². The average molecular weight is 311 g/mol. The first-order valence-electron chi connectivity index (χ1n) is 8.81. The van der Waals surface area contributed by atoms with Gasteiger partial charge in [-0.3, -0.25) is 9.69 Å². The van der Waals surface area contributed by atoms with Crippen LogP contribution in [0, 0.1) is 0 Å². The molecule has 0 amide bonds. The van der Waals surface area contributed by atoms with Crippen LogP contribution in [-0.4, -0.2) is 52.8 Å². The number of Topliss-reactive ketones (excluding diaryl/α,β-unsaturated/α-hetero) is 1. The fourth-order valence-corrected chi connectivity index (χ4v) is 4.08. The summed E-state index contributed by atoms with van der Waals surface area (Å²) in [5, 5.41) is 1.39. The van der Waals surface area contributed by atoms with Crippen LogP contribution in [0.25, 0.3) is 10.9 Å². The number of rotatable bonds is 4. The third-order valence-electron chi connectivity index (χ3n) is 5.49. The van der Waals surface area contributed by atoms with Crippen LogP contribution >= 0.6 is 0 Å². The molecule has 0 bridgehead atoms. The highest BCUT2D eigenvalue weighted by molar-refractivity contribution is 5.85. The zero-order valence-corrected chi connectivity index (χ0v) is 13.8. The molecule has 1 N–H and O–H groups in total. The van der Waals surface area contributed by atoms with E-state index in [1.165, 1.54) is 22.2 Å². The Morgan fingerprint density at radius 1 is 1.30 bits per heavy atom. The first kappa shape index (κ1) is 14.9. The van der Waals surface area contributed by atoms with E-state index >= 15 is 0 Å². The van der Waals surface area contributed by atoms with Crippen molar-refractivity contribution in [3.05, 3.63) is 35.5 Å². The Balaban J connectivity index is 1.49. The van der Waals surface area contributed by atoms with E-state index in [1.807, 2.05) is 6.92 Å². The molecule has 2 aliphatic heterocycles. The van der Waals surface area contributed by atoms with Gasteiger partial charge in [0.05, 0.1) is 0 Å². The highest BCUT2D eigenvalue weighted by Gasteiger charge is 2.33. The van der Waals surface area contributed by atoms with Crippen LogP contribution < -0.4 is 0 Å². The highest BCUT2D eigenvalue weighted by atomic mass is 16.1. The van der Waals surface area contributed by atoms with Crippen molar-refractivity contribution in [2.24, 2.45) is 0 Å². The summed E-state index contributed by atoms with van der Waals surface area (Å²) in [5.74, 6) is 0.384. The molecule has 23 heavy (non-hydrogen) atoms. The molecule has 1 atom stereocenters. The van der Waals surface area contributed by atoms with E-state index in [0.29, 0.717) is 24.7 Å². The lowest BCUT2D eigenvalue weighted by atomic mass is 9.94. The van der Waals surface area contributed by atoms with Crippen LogP contribution in [0.5, 0.6) is 0 Å². The van der Waals surface area contributed by atoms with Gasteiger partial charge in [-0.1, -0.05) is 25.1 Å². The molecule has 0 radical (unpaired) electrons. The summed E-state index contributed by atoms with van der Waals surface area (Å²) in [5.41, 5.74) is 4.17. The fourth-order valence-electron chi connectivity index (χ4n) is 4.08. The van der Waals surface area contributed by atoms with Gasteiger partial charge in [0.1, 0.15) is 5.78 Å². The summed E-state index contributed by atoms with van der Waals surface area (Å²) >= 11 is 0. The Hall–Kier alpha value is -1.65. The maximum atomic E-state index is 11.6. The molecule has 1 saturated heterocycles. The Labute approximate surface area is 137 Å². The number of hydrogen-bond acceptors (Lipinski definition) is 3. The second kappa shape index (κ2) is 6.10. The quantitative estimate of drug-likeness (QED) is 0.943. The van der Waals surface area contributed by atoms with E-state index in [1.54, 1.807) is 0 Å². The second-order valence-electron chi connectivity index (χ2n) is 6.90. The maximum Gasteiger partial charge on any atom is 0.133 e. The zero-order valence-electron chi connectivity index (χ0n) is 13.8. The molecule has 122 valence electrons. The summed E-state index contributed by atoms with van der Waals surface area (Å²) in [7, 11) is 0. The van der Waals surface area contributed by atoms with Gasteiger partial charge < -0.3 is 9.88 Å². The van der Waals surface area contributed by atoms with E-state index in [0.717, 1.165) is 39.1 Å². The van der Waals surface area contributed by atoms with Crippen molar-refractivity contribution >= 4 is 16.7 Å². The van der Waals surface area contributed by atoms with Crippen LogP contribution in [0.15, 0.2) is 24.3 Å². The number of benzene rings is 1. The van der Waals surface area contributed by atoms with Crippen molar-refractivity contribution in [3.8, 4) is 0 Å². The number of carbonyl (C=O) groups excluding carboxylic acids is 1. The van der Waals surface area contributed by atoms with Crippen molar-refractivity contribution in [1.82, 2.24) is 14.8 Å². The van der Waals surface area contributed by atoms with E-state index in [9.17, 15) is 4.79 Å². The SMILES string of the molecule is CCC(=O)CCN1CCN2Cc3[nH]c4ccccc4c3CC2C1. The van der Waals surface area contributed by atoms with Crippen molar-refractivity contribution in [1.29, 1.82) is 0 Å². The number of para-hydroxylation sites is 1. The number of ketones is 1. The largest absolute Gasteiger partial charge is 0.357 e. The number of aromatic nitrogens is 1. The Kier molecular flexibility index (Phi) is 3.95. The van der Waals surface area contributed by atoms with Gasteiger partial charge in [0, 0.05) is 68.2 Å². The molecule has 2 aromatic rings. The minimum atomic E-state index is 0.384. The molecule has 4 nitrogen and oxygen atoms in total. The summed E-state index contributed by atoms with van der Waals surface area (Å²) in [6, 6.07) is 9.24. The smallest absolute Gasteiger partial charge is 0.133 e. The van der Waals surface area contributed by atoms with E-state index < -0.39 is 0 Å². The van der Waals surface area contributed by atoms with Gasteiger partial charge in [0.2, 0.25) is 0 Å².